The molecule has 0 bridgehead atoms. The van der Waals surface area contributed by atoms with Gasteiger partial charge in [-0.2, -0.15) is 0 Å². The van der Waals surface area contributed by atoms with E-state index in [0.29, 0.717) is 12.0 Å². The van der Waals surface area contributed by atoms with E-state index in [0.717, 1.165) is 28.3 Å². The monoisotopic (exact) mass is 416 g/mol. The summed E-state index contributed by atoms with van der Waals surface area (Å²) in [6.07, 6.45) is 4.18. The summed E-state index contributed by atoms with van der Waals surface area (Å²) >= 11 is 0. The molecule has 0 saturated heterocycles. The van der Waals surface area contributed by atoms with E-state index in [1.807, 2.05) is 70.3 Å². The van der Waals surface area contributed by atoms with Crippen LogP contribution in [0, 0.1) is 5.92 Å². The predicted octanol–water partition coefficient (Wildman–Crippen LogP) is 4.82. The fraction of sp³-hybridized carbons (Fsp3) is 0.320. The van der Waals surface area contributed by atoms with Crippen LogP contribution in [0.3, 0.4) is 0 Å². The summed E-state index contributed by atoms with van der Waals surface area (Å²) in [7, 11) is 1.81. The van der Waals surface area contributed by atoms with E-state index in [4.69, 9.17) is 0 Å². The Kier molecular flexibility index (Phi) is 5.39. The minimum Gasteiger partial charge on any atom is -0.356 e. The second-order valence-corrected chi connectivity index (χ2v) is 9.05. The average Bonchev–Trinajstić information content (AvgIpc) is 3.12. The molecule has 4 rings (SSSR count). The van der Waals surface area contributed by atoms with Crippen LogP contribution < -0.4 is 5.32 Å². The average molecular weight is 417 g/mol. The van der Waals surface area contributed by atoms with Crippen LogP contribution in [0.25, 0.3) is 11.3 Å². The first kappa shape index (κ1) is 20.8. The highest BCUT2D eigenvalue weighted by atomic mass is 16.2. The summed E-state index contributed by atoms with van der Waals surface area (Å²) in [5, 5.41) is 3.43. The third kappa shape index (κ3) is 4.10. The van der Waals surface area contributed by atoms with E-state index in [9.17, 15) is 9.59 Å². The van der Waals surface area contributed by atoms with Gasteiger partial charge in [-0.3, -0.25) is 14.6 Å². The zero-order valence-electron chi connectivity index (χ0n) is 18.4. The van der Waals surface area contributed by atoms with Crippen LogP contribution in [-0.2, 0) is 11.2 Å². The van der Waals surface area contributed by atoms with E-state index in [1.54, 1.807) is 17.3 Å². The summed E-state index contributed by atoms with van der Waals surface area (Å²) < 4.78 is 0. The molecule has 0 spiro atoms. The Morgan fingerprint density at radius 2 is 1.77 bits per heavy atom. The SMILES string of the molecule is CN(C(=O)C1CC(=O)c2c([nH]c(-c3ccncc3)c2Nc2ccccc2)C1)C(C)(C)C. The van der Waals surface area contributed by atoms with Gasteiger partial charge >= 0.3 is 0 Å². The van der Waals surface area contributed by atoms with E-state index in [-0.39, 0.29) is 29.6 Å². The highest BCUT2D eigenvalue weighted by Crippen LogP contribution is 2.40. The van der Waals surface area contributed by atoms with Gasteiger partial charge in [0.2, 0.25) is 5.91 Å². The molecule has 6 nitrogen and oxygen atoms in total. The maximum atomic E-state index is 13.3. The number of hydrogen-bond acceptors (Lipinski definition) is 4. The standard InChI is InChI=1S/C25H28N4O2/c1-25(2,3)29(4)24(31)17-14-19-21(20(30)15-17)23(27-18-8-6-5-7-9-18)22(28-19)16-10-12-26-13-11-16/h5-13,17,27-28H,14-15H2,1-4H3. The minimum absolute atomic E-state index is 0.00382. The lowest BCUT2D eigenvalue weighted by Crippen LogP contribution is -2.47. The summed E-state index contributed by atoms with van der Waals surface area (Å²) in [6.45, 7) is 6.00. The fourth-order valence-electron chi connectivity index (χ4n) is 3.96. The Hall–Kier alpha value is -3.41. The lowest BCUT2D eigenvalue weighted by Gasteiger charge is -2.35. The van der Waals surface area contributed by atoms with Gasteiger partial charge in [0.15, 0.2) is 5.78 Å². The third-order valence-electron chi connectivity index (χ3n) is 5.94. The molecule has 31 heavy (non-hydrogen) atoms. The molecule has 1 atom stereocenters. The molecular formula is C25H28N4O2. The van der Waals surface area contributed by atoms with Crippen molar-refractivity contribution in [2.45, 2.75) is 39.2 Å². The molecule has 1 aliphatic rings. The van der Waals surface area contributed by atoms with Gasteiger partial charge in [-0.25, -0.2) is 0 Å². The van der Waals surface area contributed by atoms with Gasteiger partial charge in [-0.15, -0.1) is 0 Å². The van der Waals surface area contributed by atoms with Crippen molar-refractivity contribution in [2.75, 3.05) is 12.4 Å². The van der Waals surface area contributed by atoms with E-state index in [2.05, 4.69) is 15.3 Å². The van der Waals surface area contributed by atoms with Crippen LogP contribution in [0.15, 0.2) is 54.9 Å². The van der Waals surface area contributed by atoms with Crippen LogP contribution in [0.4, 0.5) is 11.4 Å². The molecule has 1 amide bonds. The highest BCUT2D eigenvalue weighted by Gasteiger charge is 2.37. The molecule has 160 valence electrons. The Balaban J connectivity index is 1.75. The number of anilines is 2. The van der Waals surface area contributed by atoms with Gasteiger partial charge in [0.05, 0.1) is 22.9 Å². The number of H-pyrrole nitrogens is 1. The van der Waals surface area contributed by atoms with Crippen molar-refractivity contribution in [3.63, 3.8) is 0 Å². The molecular weight excluding hydrogens is 388 g/mol. The maximum absolute atomic E-state index is 13.3. The van der Waals surface area contributed by atoms with E-state index in [1.165, 1.54) is 0 Å². The van der Waals surface area contributed by atoms with E-state index < -0.39 is 0 Å². The minimum atomic E-state index is -0.363. The number of aromatic amines is 1. The predicted molar refractivity (Wildman–Crippen MR) is 122 cm³/mol. The van der Waals surface area contributed by atoms with Crippen molar-refractivity contribution >= 4 is 23.1 Å². The van der Waals surface area contributed by atoms with Gasteiger partial charge in [0.1, 0.15) is 0 Å². The van der Waals surface area contributed by atoms with Crippen molar-refractivity contribution in [3.05, 3.63) is 66.1 Å². The number of carbonyl (C=O) groups excluding carboxylic acids is 2. The number of hydrogen-bond donors (Lipinski definition) is 2. The second-order valence-electron chi connectivity index (χ2n) is 9.05. The van der Waals surface area contributed by atoms with E-state index >= 15 is 0 Å². The normalized spacial score (nSPS) is 16.0. The van der Waals surface area contributed by atoms with Gasteiger partial charge < -0.3 is 15.2 Å². The number of amides is 1. The number of Topliss-reactive ketones (excluding diaryl/α,β-unsaturated/α-hetero) is 1. The summed E-state index contributed by atoms with van der Waals surface area (Å²) in [6, 6.07) is 13.6. The van der Waals surface area contributed by atoms with Crippen LogP contribution in [-0.4, -0.2) is 39.1 Å². The molecule has 1 aromatic carbocycles. The number of pyridine rings is 1. The molecule has 1 unspecified atom stereocenters. The summed E-state index contributed by atoms with van der Waals surface area (Å²) in [5.74, 6) is -0.376. The number of para-hydroxylation sites is 1. The lowest BCUT2D eigenvalue weighted by molar-refractivity contribution is -0.138. The molecule has 2 N–H and O–H groups in total. The van der Waals surface area contributed by atoms with Gasteiger partial charge in [0.25, 0.3) is 0 Å². The quantitative estimate of drug-likeness (QED) is 0.639. The third-order valence-corrected chi connectivity index (χ3v) is 5.94. The van der Waals surface area contributed by atoms with Crippen LogP contribution in [0.1, 0.15) is 43.2 Å². The fourth-order valence-corrected chi connectivity index (χ4v) is 3.96. The first-order valence-electron chi connectivity index (χ1n) is 10.5. The Labute approximate surface area is 182 Å². The Bertz CT molecular complexity index is 1100. The van der Waals surface area contributed by atoms with Crippen molar-refractivity contribution in [3.8, 4) is 11.3 Å². The molecule has 0 saturated carbocycles. The molecule has 2 heterocycles. The molecule has 0 fully saturated rings. The van der Waals surface area contributed by atoms with Gasteiger partial charge in [-0.05, 0) is 45.0 Å². The molecule has 6 heteroatoms. The highest BCUT2D eigenvalue weighted by molar-refractivity contribution is 6.09. The number of ketones is 1. The number of rotatable bonds is 4. The number of benzene rings is 1. The van der Waals surface area contributed by atoms with Crippen molar-refractivity contribution in [1.29, 1.82) is 0 Å². The molecule has 1 aliphatic carbocycles. The van der Waals surface area contributed by atoms with Crippen molar-refractivity contribution < 1.29 is 9.59 Å². The van der Waals surface area contributed by atoms with Gasteiger partial charge in [-0.1, -0.05) is 18.2 Å². The number of nitrogens with one attached hydrogen (secondary N) is 2. The smallest absolute Gasteiger partial charge is 0.226 e. The topological polar surface area (TPSA) is 78.1 Å². The largest absolute Gasteiger partial charge is 0.356 e. The molecule has 2 aromatic heterocycles. The second kappa shape index (κ2) is 8.02. The van der Waals surface area contributed by atoms with Crippen LogP contribution in [0.5, 0.6) is 0 Å². The van der Waals surface area contributed by atoms with Crippen molar-refractivity contribution in [2.24, 2.45) is 5.92 Å². The Morgan fingerprint density at radius 3 is 2.42 bits per heavy atom. The number of nitrogens with zero attached hydrogens (tertiary/aromatic N) is 2. The van der Waals surface area contributed by atoms with Gasteiger partial charge in [0, 0.05) is 54.8 Å². The molecule has 0 aliphatic heterocycles. The lowest BCUT2D eigenvalue weighted by atomic mass is 9.84. The summed E-state index contributed by atoms with van der Waals surface area (Å²) in [4.78, 5) is 35.7. The molecule has 0 radical (unpaired) electrons. The summed E-state index contributed by atoms with van der Waals surface area (Å²) in [5.41, 5.74) is 4.59. The maximum Gasteiger partial charge on any atom is 0.226 e. The van der Waals surface area contributed by atoms with Crippen LogP contribution in [0.2, 0.25) is 0 Å². The Morgan fingerprint density at radius 1 is 1.10 bits per heavy atom. The van der Waals surface area contributed by atoms with Crippen LogP contribution >= 0.6 is 0 Å². The molecule has 3 aromatic rings. The first-order valence-corrected chi connectivity index (χ1v) is 10.5. The van der Waals surface area contributed by atoms with Crippen molar-refractivity contribution in [1.82, 2.24) is 14.9 Å². The number of fused-ring (bicyclic) bond motifs is 1. The first-order chi connectivity index (χ1) is 14.8. The zero-order valence-corrected chi connectivity index (χ0v) is 18.4. The number of carbonyl (C=O) groups is 2. The zero-order chi connectivity index (χ0) is 22.2. The number of aromatic nitrogens is 2.